The Morgan fingerprint density at radius 2 is 1.87 bits per heavy atom. The number of thiophene rings is 1. The van der Waals surface area contributed by atoms with E-state index in [1.54, 1.807) is 29.3 Å². The van der Waals surface area contributed by atoms with Gasteiger partial charge in [-0.3, -0.25) is 9.59 Å². The van der Waals surface area contributed by atoms with Gasteiger partial charge in [0.15, 0.2) is 5.82 Å². The molecule has 0 aliphatic carbocycles. The van der Waals surface area contributed by atoms with Crippen LogP contribution in [0.25, 0.3) is 5.82 Å². The first-order valence-electron chi connectivity index (χ1n) is 9.80. The van der Waals surface area contributed by atoms with Crippen LogP contribution in [0.2, 0.25) is 0 Å². The van der Waals surface area contributed by atoms with Gasteiger partial charge in [0.05, 0.1) is 4.88 Å². The zero-order chi connectivity index (χ0) is 21.5. The summed E-state index contributed by atoms with van der Waals surface area (Å²) in [6, 6.07) is 18.0. The average Bonchev–Trinajstić information content (AvgIpc) is 3.52. The zero-order valence-corrected chi connectivity index (χ0v) is 17.5. The minimum absolute atomic E-state index is 0.244. The number of hydrogen-bond donors (Lipinski definition) is 2. The van der Waals surface area contributed by atoms with Crippen LogP contribution in [0.15, 0.2) is 84.6 Å². The highest BCUT2D eigenvalue weighted by atomic mass is 32.1. The lowest BCUT2D eigenvalue weighted by atomic mass is 10.0. The number of rotatable bonds is 8. The van der Waals surface area contributed by atoms with E-state index in [1.165, 1.54) is 11.3 Å². The number of carbonyl (C=O) groups excluding carboxylic acids is 2. The molecule has 2 amide bonds. The van der Waals surface area contributed by atoms with Gasteiger partial charge in [0.2, 0.25) is 5.91 Å². The number of aromatic nitrogens is 3. The van der Waals surface area contributed by atoms with Crippen LogP contribution in [0.3, 0.4) is 0 Å². The normalized spacial score (nSPS) is 11.6. The molecule has 1 unspecified atom stereocenters. The summed E-state index contributed by atoms with van der Waals surface area (Å²) in [5.74, 6) is 0.172. The summed E-state index contributed by atoms with van der Waals surface area (Å²) in [5, 5.41) is 11.8. The molecular formula is C23H21N5O2S. The molecule has 4 aromatic rings. The lowest BCUT2D eigenvalue weighted by molar-refractivity contribution is -0.123. The van der Waals surface area contributed by atoms with E-state index < -0.39 is 6.04 Å². The predicted molar refractivity (Wildman–Crippen MR) is 119 cm³/mol. The standard InChI is InChI=1S/C23H21N5O2S/c29-22(25-16-18-9-11-24-21(15-18)28-12-5-10-26-28)19(14-17-6-2-1-3-7-17)27-23(30)20-8-4-13-31-20/h1-13,15,19H,14,16H2,(H,25,29)(H,27,30). The lowest BCUT2D eigenvalue weighted by Gasteiger charge is -2.18. The molecule has 2 N–H and O–H groups in total. The van der Waals surface area contributed by atoms with Gasteiger partial charge in [0.25, 0.3) is 5.91 Å². The molecule has 0 aliphatic heterocycles. The Balaban J connectivity index is 1.45. The Hall–Kier alpha value is -3.78. The minimum atomic E-state index is -0.690. The molecule has 8 heteroatoms. The van der Waals surface area contributed by atoms with Crippen molar-refractivity contribution in [1.82, 2.24) is 25.4 Å². The van der Waals surface area contributed by atoms with Crippen molar-refractivity contribution in [3.05, 3.63) is 101 Å². The fourth-order valence-electron chi connectivity index (χ4n) is 3.11. The number of nitrogens with one attached hydrogen (secondary N) is 2. The fraction of sp³-hybridized carbons (Fsp3) is 0.130. The van der Waals surface area contributed by atoms with Crippen LogP contribution < -0.4 is 10.6 Å². The molecular weight excluding hydrogens is 410 g/mol. The molecule has 3 heterocycles. The molecule has 0 radical (unpaired) electrons. The smallest absolute Gasteiger partial charge is 0.262 e. The second-order valence-corrected chi connectivity index (χ2v) is 7.83. The largest absolute Gasteiger partial charge is 0.350 e. The molecule has 1 atom stereocenters. The Bertz CT molecular complexity index is 1130. The average molecular weight is 432 g/mol. The van der Waals surface area contributed by atoms with Crippen molar-refractivity contribution < 1.29 is 9.59 Å². The van der Waals surface area contributed by atoms with E-state index in [0.717, 1.165) is 11.1 Å². The topological polar surface area (TPSA) is 88.9 Å². The van der Waals surface area contributed by atoms with Crippen molar-refractivity contribution in [3.63, 3.8) is 0 Å². The van der Waals surface area contributed by atoms with Crippen LogP contribution >= 0.6 is 11.3 Å². The van der Waals surface area contributed by atoms with Gasteiger partial charge in [-0.2, -0.15) is 5.10 Å². The molecule has 31 heavy (non-hydrogen) atoms. The van der Waals surface area contributed by atoms with E-state index in [9.17, 15) is 9.59 Å². The minimum Gasteiger partial charge on any atom is -0.350 e. The van der Waals surface area contributed by atoms with Gasteiger partial charge in [-0.05, 0) is 40.8 Å². The molecule has 4 rings (SSSR count). The van der Waals surface area contributed by atoms with Gasteiger partial charge in [0.1, 0.15) is 6.04 Å². The van der Waals surface area contributed by atoms with Crippen LogP contribution in [0, 0.1) is 0 Å². The third-order valence-corrected chi connectivity index (χ3v) is 5.53. The summed E-state index contributed by atoms with van der Waals surface area (Å²) in [7, 11) is 0. The molecule has 0 fully saturated rings. The number of pyridine rings is 1. The van der Waals surface area contributed by atoms with E-state index in [2.05, 4.69) is 20.7 Å². The molecule has 3 aromatic heterocycles. The third-order valence-electron chi connectivity index (χ3n) is 4.67. The van der Waals surface area contributed by atoms with E-state index in [0.29, 0.717) is 23.7 Å². The van der Waals surface area contributed by atoms with Crippen molar-refractivity contribution in [2.45, 2.75) is 19.0 Å². The number of amides is 2. The maximum Gasteiger partial charge on any atom is 0.262 e. The van der Waals surface area contributed by atoms with E-state index in [4.69, 9.17) is 0 Å². The maximum atomic E-state index is 13.0. The van der Waals surface area contributed by atoms with Crippen molar-refractivity contribution in [1.29, 1.82) is 0 Å². The van der Waals surface area contributed by atoms with Crippen LogP contribution in [-0.2, 0) is 17.8 Å². The summed E-state index contributed by atoms with van der Waals surface area (Å²) in [5.41, 5.74) is 1.86. The molecule has 0 aliphatic rings. The molecule has 7 nitrogen and oxygen atoms in total. The summed E-state index contributed by atoms with van der Waals surface area (Å²) in [6.45, 7) is 0.315. The number of hydrogen-bond acceptors (Lipinski definition) is 5. The Morgan fingerprint density at radius 3 is 2.61 bits per heavy atom. The Kier molecular flexibility index (Phi) is 6.49. The van der Waals surface area contributed by atoms with E-state index in [-0.39, 0.29) is 11.8 Å². The van der Waals surface area contributed by atoms with Gasteiger partial charge in [-0.15, -0.1) is 11.3 Å². The molecule has 156 valence electrons. The Morgan fingerprint density at radius 1 is 1.00 bits per heavy atom. The van der Waals surface area contributed by atoms with Crippen LogP contribution in [0.5, 0.6) is 0 Å². The lowest BCUT2D eigenvalue weighted by Crippen LogP contribution is -2.47. The van der Waals surface area contributed by atoms with E-state index in [1.807, 2.05) is 60.0 Å². The molecule has 0 bridgehead atoms. The van der Waals surface area contributed by atoms with Gasteiger partial charge >= 0.3 is 0 Å². The summed E-state index contributed by atoms with van der Waals surface area (Å²) in [6.07, 6.45) is 5.57. The van der Waals surface area contributed by atoms with Crippen LogP contribution in [-0.4, -0.2) is 32.6 Å². The quantitative estimate of drug-likeness (QED) is 0.449. The molecule has 0 saturated heterocycles. The van der Waals surface area contributed by atoms with Gasteiger partial charge in [0, 0.05) is 31.6 Å². The number of benzene rings is 1. The van der Waals surface area contributed by atoms with Gasteiger partial charge in [-0.1, -0.05) is 36.4 Å². The number of carbonyl (C=O) groups is 2. The summed E-state index contributed by atoms with van der Waals surface area (Å²) >= 11 is 1.34. The molecule has 0 spiro atoms. The van der Waals surface area contributed by atoms with E-state index >= 15 is 0 Å². The van der Waals surface area contributed by atoms with Crippen LogP contribution in [0.4, 0.5) is 0 Å². The monoisotopic (exact) mass is 431 g/mol. The van der Waals surface area contributed by atoms with Gasteiger partial charge in [-0.25, -0.2) is 9.67 Å². The van der Waals surface area contributed by atoms with Crippen molar-refractivity contribution >= 4 is 23.2 Å². The predicted octanol–water partition coefficient (Wildman–Crippen LogP) is 2.99. The Labute approximate surface area is 183 Å². The SMILES string of the molecule is O=C(NC(Cc1ccccc1)C(=O)NCc1ccnc(-n2cccn2)c1)c1cccs1. The van der Waals surface area contributed by atoms with Gasteiger partial charge < -0.3 is 10.6 Å². The summed E-state index contributed by atoms with van der Waals surface area (Å²) < 4.78 is 1.66. The highest BCUT2D eigenvalue weighted by Gasteiger charge is 2.22. The first-order valence-corrected chi connectivity index (χ1v) is 10.7. The maximum absolute atomic E-state index is 13.0. The molecule has 1 aromatic carbocycles. The van der Waals surface area contributed by atoms with Crippen molar-refractivity contribution in [3.8, 4) is 5.82 Å². The summed E-state index contributed by atoms with van der Waals surface area (Å²) in [4.78, 5) is 30.4. The fourth-order valence-corrected chi connectivity index (χ4v) is 3.74. The first kappa shape index (κ1) is 20.5. The first-order chi connectivity index (χ1) is 15.2. The zero-order valence-electron chi connectivity index (χ0n) is 16.6. The second-order valence-electron chi connectivity index (χ2n) is 6.88. The second kappa shape index (κ2) is 9.82. The highest BCUT2D eigenvalue weighted by Crippen LogP contribution is 2.11. The van der Waals surface area contributed by atoms with Crippen molar-refractivity contribution in [2.75, 3.05) is 0 Å². The number of nitrogens with zero attached hydrogens (tertiary/aromatic N) is 3. The van der Waals surface area contributed by atoms with Crippen LogP contribution in [0.1, 0.15) is 20.8 Å². The van der Waals surface area contributed by atoms with Crippen molar-refractivity contribution in [2.24, 2.45) is 0 Å². The molecule has 0 saturated carbocycles. The highest BCUT2D eigenvalue weighted by molar-refractivity contribution is 7.12. The third kappa shape index (κ3) is 5.43.